The number of carbonyl (C=O) groups excluding carboxylic acids is 2. The van der Waals surface area contributed by atoms with Crippen LogP contribution in [0.1, 0.15) is 64.7 Å². The largest absolute Gasteiger partial charge is 0.336 e. The van der Waals surface area contributed by atoms with Gasteiger partial charge < -0.3 is 9.80 Å². The molecule has 0 aromatic carbocycles. The fourth-order valence-corrected chi connectivity index (χ4v) is 4.88. The Kier molecular flexibility index (Phi) is 5.48. The number of hydrogen-bond acceptors (Lipinski definition) is 3. The molecule has 0 N–H and O–H groups in total. The highest BCUT2D eigenvalue weighted by molar-refractivity contribution is 5.85. The summed E-state index contributed by atoms with van der Waals surface area (Å²) in [4.78, 5) is 31.7. The number of hydrogen-bond donors (Lipinski definition) is 0. The Morgan fingerprint density at radius 1 is 1.08 bits per heavy atom. The summed E-state index contributed by atoms with van der Waals surface area (Å²) in [6.07, 6.45) is 9.45. The van der Waals surface area contributed by atoms with Crippen molar-refractivity contribution < 1.29 is 9.59 Å². The van der Waals surface area contributed by atoms with Crippen LogP contribution in [0.5, 0.6) is 0 Å². The first kappa shape index (κ1) is 17.7. The molecule has 0 aromatic heterocycles. The summed E-state index contributed by atoms with van der Waals surface area (Å²) in [5.41, 5.74) is 0.0905. The van der Waals surface area contributed by atoms with Gasteiger partial charge in [0.1, 0.15) is 0 Å². The fourth-order valence-electron chi connectivity index (χ4n) is 4.88. The third-order valence-electron chi connectivity index (χ3n) is 6.59. The molecule has 3 rings (SSSR count). The SMILES string of the molecule is CN1CCCC[C@@H]2N(C(=O)CN3CCCCCC3=O)CCC[C@@]21C. The van der Waals surface area contributed by atoms with E-state index < -0.39 is 0 Å². The van der Waals surface area contributed by atoms with Crippen molar-refractivity contribution in [1.82, 2.24) is 14.7 Å². The molecule has 24 heavy (non-hydrogen) atoms. The van der Waals surface area contributed by atoms with Crippen LogP contribution in [0.3, 0.4) is 0 Å². The van der Waals surface area contributed by atoms with Gasteiger partial charge in [0.25, 0.3) is 0 Å². The third kappa shape index (κ3) is 3.46. The van der Waals surface area contributed by atoms with Gasteiger partial charge in [-0.25, -0.2) is 0 Å². The molecule has 0 bridgehead atoms. The summed E-state index contributed by atoms with van der Waals surface area (Å²) in [7, 11) is 2.21. The van der Waals surface area contributed by atoms with Crippen molar-refractivity contribution in [3.05, 3.63) is 0 Å². The van der Waals surface area contributed by atoms with E-state index in [0.717, 1.165) is 51.7 Å². The second-order valence-corrected chi connectivity index (χ2v) is 8.11. The highest BCUT2D eigenvalue weighted by Crippen LogP contribution is 2.37. The van der Waals surface area contributed by atoms with E-state index >= 15 is 0 Å². The molecule has 0 unspecified atom stereocenters. The number of nitrogens with zero attached hydrogens (tertiary/aromatic N) is 3. The van der Waals surface area contributed by atoms with Crippen molar-refractivity contribution in [2.75, 3.05) is 33.2 Å². The molecule has 3 heterocycles. The predicted octanol–water partition coefficient (Wildman–Crippen LogP) is 2.25. The van der Waals surface area contributed by atoms with E-state index in [9.17, 15) is 9.59 Å². The Hall–Kier alpha value is -1.10. The zero-order chi connectivity index (χ0) is 17.2. The number of amides is 2. The second kappa shape index (κ2) is 7.42. The smallest absolute Gasteiger partial charge is 0.242 e. The van der Waals surface area contributed by atoms with Crippen LogP contribution in [0.4, 0.5) is 0 Å². The monoisotopic (exact) mass is 335 g/mol. The lowest BCUT2D eigenvalue weighted by Gasteiger charge is -2.52. The number of likely N-dealkylation sites (N-methyl/N-ethyl adjacent to an activating group) is 1. The fraction of sp³-hybridized carbons (Fsp3) is 0.895. The molecule has 0 spiro atoms. The Bertz CT molecular complexity index is 481. The van der Waals surface area contributed by atoms with Crippen molar-refractivity contribution in [3.63, 3.8) is 0 Å². The summed E-state index contributed by atoms with van der Waals surface area (Å²) in [6, 6.07) is 0.299. The number of piperidine rings is 1. The van der Waals surface area contributed by atoms with Crippen molar-refractivity contribution in [1.29, 1.82) is 0 Å². The van der Waals surface area contributed by atoms with Crippen molar-refractivity contribution in [2.24, 2.45) is 0 Å². The van der Waals surface area contributed by atoms with Gasteiger partial charge in [-0.2, -0.15) is 0 Å². The van der Waals surface area contributed by atoms with Gasteiger partial charge in [-0.15, -0.1) is 0 Å². The normalized spacial score (nSPS) is 32.9. The van der Waals surface area contributed by atoms with Crippen molar-refractivity contribution in [2.45, 2.75) is 76.3 Å². The first-order valence-electron chi connectivity index (χ1n) is 9.81. The molecule has 136 valence electrons. The molecule has 0 aliphatic carbocycles. The van der Waals surface area contributed by atoms with Crippen LogP contribution < -0.4 is 0 Å². The van der Waals surface area contributed by atoms with E-state index in [-0.39, 0.29) is 23.9 Å². The third-order valence-corrected chi connectivity index (χ3v) is 6.59. The Labute approximate surface area is 146 Å². The van der Waals surface area contributed by atoms with Gasteiger partial charge in [0, 0.05) is 31.1 Å². The van der Waals surface area contributed by atoms with Gasteiger partial charge in [-0.05, 0) is 59.0 Å². The molecule has 2 atom stereocenters. The molecule has 3 aliphatic heterocycles. The average Bonchev–Trinajstić information content (AvgIpc) is 2.85. The molecule has 3 aliphatic rings. The number of fused-ring (bicyclic) bond motifs is 1. The van der Waals surface area contributed by atoms with Crippen LogP contribution in [-0.2, 0) is 9.59 Å². The Morgan fingerprint density at radius 2 is 1.88 bits per heavy atom. The van der Waals surface area contributed by atoms with Gasteiger partial charge in [0.2, 0.25) is 11.8 Å². The van der Waals surface area contributed by atoms with Gasteiger partial charge in [-0.1, -0.05) is 12.8 Å². The molecular weight excluding hydrogens is 302 g/mol. The minimum Gasteiger partial charge on any atom is -0.336 e. The zero-order valence-electron chi connectivity index (χ0n) is 15.4. The first-order valence-corrected chi connectivity index (χ1v) is 9.81. The van der Waals surface area contributed by atoms with Crippen LogP contribution in [0.15, 0.2) is 0 Å². The summed E-state index contributed by atoms with van der Waals surface area (Å²) < 4.78 is 0. The van der Waals surface area contributed by atoms with Crippen LogP contribution in [0, 0.1) is 0 Å². The Balaban J connectivity index is 1.72. The molecule has 3 saturated heterocycles. The number of carbonyl (C=O) groups is 2. The van der Waals surface area contributed by atoms with E-state index in [2.05, 4.69) is 23.8 Å². The van der Waals surface area contributed by atoms with Crippen LogP contribution in [0.25, 0.3) is 0 Å². The van der Waals surface area contributed by atoms with Crippen molar-refractivity contribution >= 4 is 11.8 Å². The van der Waals surface area contributed by atoms with Crippen LogP contribution >= 0.6 is 0 Å². The van der Waals surface area contributed by atoms with Crippen LogP contribution in [0.2, 0.25) is 0 Å². The van der Waals surface area contributed by atoms with E-state index in [0.29, 0.717) is 12.5 Å². The molecule has 2 amide bonds. The quantitative estimate of drug-likeness (QED) is 0.777. The maximum atomic E-state index is 13.1. The molecule has 0 aromatic rings. The lowest BCUT2D eigenvalue weighted by atomic mass is 9.80. The van der Waals surface area contributed by atoms with Gasteiger partial charge in [0.05, 0.1) is 6.54 Å². The minimum absolute atomic E-state index is 0.0905. The van der Waals surface area contributed by atoms with E-state index in [1.807, 2.05) is 4.90 Å². The zero-order valence-corrected chi connectivity index (χ0v) is 15.4. The van der Waals surface area contributed by atoms with Gasteiger partial charge in [0.15, 0.2) is 0 Å². The predicted molar refractivity (Wildman–Crippen MR) is 94.7 cm³/mol. The molecule has 0 saturated carbocycles. The number of likely N-dealkylation sites (tertiary alicyclic amines) is 3. The average molecular weight is 335 g/mol. The maximum Gasteiger partial charge on any atom is 0.242 e. The lowest BCUT2D eigenvalue weighted by Crippen LogP contribution is -2.64. The van der Waals surface area contributed by atoms with Crippen LogP contribution in [-0.4, -0.2) is 71.3 Å². The van der Waals surface area contributed by atoms with Gasteiger partial charge in [-0.3, -0.25) is 14.5 Å². The first-order chi connectivity index (χ1) is 11.5. The molecule has 0 radical (unpaired) electrons. The Morgan fingerprint density at radius 3 is 2.71 bits per heavy atom. The molecule has 5 nitrogen and oxygen atoms in total. The van der Waals surface area contributed by atoms with E-state index in [1.165, 1.54) is 19.3 Å². The highest BCUT2D eigenvalue weighted by atomic mass is 16.2. The minimum atomic E-state index is 0.0905. The summed E-state index contributed by atoms with van der Waals surface area (Å²) in [5.74, 6) is 0.329. The summed E-state index contributed by atoms with van der Waals surface area (Å²) >= 11 is 0. The van der Waals surface area contributed by atoms with E-state index in [1.54, 1.807) is 0 Å². The van der Waals surface area contributed by atoms with E-state index in [4.69, 9.17) is 0 Å². The van der Waals surface area contributed by atoms with Crippen molar-refractivity contribution in [3.8, 4) is 0 Å². The summed E-state index contributed by atoms with van der Waals surface area (Å²) in [6.45, 7) is 5.35. The standard InChI is InChI=1S/C19H33N3O2/c1-19-11-8-14-22(16(19)9-5-7-12-20(19)2)18(24)15-21-13-6-3-4-10-17(21)23/h16H,3-15H2,1-2H3/t16-,19-/m0/s1. The second-order valence-electron chi connectivity index (χ2n) is 8.11. The lowest BCUT2D eigenvalue weighted by molar-refractivity contribution is -0.146. The number of rotatable bonds is 2. The maximum absolute atomic E-state index is 13.1. The highest BCUT2D eigenvalue weighted by Gasteiger charge is 2.46. The molecule has 5 heteroatoms. The summed E-state index contributed by atoms with van der Waals surface area (Å²) in [5, 5.41) is 0. The van der Waals surface area contributed by atoms with Gasteiger partial charge >= 0.3 is 0 Å². The topological polar surface area (TPSA) is 43.9 Å². The molecular formula is C19H33N3O2. The molecule has 3 fully saturated rings.